The molecule has 1 heterocycles. The highest BCUT2D eigenvalue weighted by Crippen LogP contribution is 2.14. The van der Waals surface area contributed by atoms with Gasteiger partial charge in [-0.3, -0.25) is 0 Å². The van der Waals surface area contributed by atoms with E-state index in [1.54, 1.807) is 12.3 Å². The molecule has 118 valence electrons. The third-order valence-corrected chi connectivity index (χ3v) is 3.36. The number of aromatic nitrogens is 1. The van der Waals surface area contributed by atoms with Crippen molar-refractivity contribution in [2.45, 2.75) is 33.2 Å². The quantitative estimate of drug-likeness (QED) is 0.646. The van der Waals surface area contributed by atoms with Crippen molar-refractivity contribution in [1.29, 1.82) is 0 Å². The smallest absolute Gasteiger partial charge is 0.315 e. The number of nitrogens with one attached hydrogen (secondary N) is 2. The minimum absolute atomic E-state index is 0.150. The standard InChI is InChI=1S/C15H24ClN3O2/c1-11(2)7-12(5-6-20)8-18-15(21)19-10-13-3-4-14(16)17-9-13/h3-4,9,11-12,20H,5-8,10H2,1-2H3,(H2,18,19,21). The lowest BCUT2D eigenvalue weighted by Crippen LogP contribution is -2.38. The van der Waals surface area contributed by atoms with Crippen molar-refractivity contribution in [3.63, 3.8) is 0 Å². The Morgan fingerprint density at radius 1 is 1.38 bits per heavy atom. The average molecular weight is 314 g/mol. The highest BCUT2D eigenvalue weighted by atomic mass is 35.5. The molecule has 1 atom stereocenters. The largest absolute Gasteiger partial charge is 0.396 e. The van der Waals surface area contributed by atoms with E-state index in [1.165, 1.54) is 0 Å². The van der Waals surface area contributed by atoms with Gasteiger partial charge in [-0.25, -0.2) is 9.78 Å². The van der Waals surface area contributed by atoms with E-state index in [2.05, 4.69) is 29.5 Å². The van der Waals surface area contributed by atoms with Crippen molar-refractivity contribution in [3.8, 4) is 0 Å². The molecule has 0 saturated heterocycles. The van der Waals surface area contributed by atoms with E-state index >= 15 is 0 Å². The number of hydrogen-bond acceptors (Lipinski definition) is 3. The fourth-order valence-electron chi connectivity index (χ4n) is 2.15. The van der Waals surface area contributed by atoms with Crippen LogP contribution in [0.3, 0.4) is 0 Å². The Morgan fingerprint density at radius 3 is 2.71 bits per heavy atom. The van der Waals surface area contributed by atoms with Crippen LogP contribution >= 0.6 is 11.6 Å². The Labute approximate surface area is 131 Å². The lowest BCUT2D eigenvalue weighted by Gasteiger charge is -2.18. The van der Waals surface area contributed by atoms with Crippen molar-refractivity contribution in [2.24, 2.45) is 11.8 Å². The molecule has 0 aliphatic rings. The number of halogens is 1. The monoisotopic (exact) mass is 313 g/mol. The van der Waals surface area contributed by atoms with Crippen LogP contribution in [0.4, 0.5) is 4.79 Å². The molecule has 21 heavy (non-hydrogen) atoms. The molecule has 1 unspecified atom stereocenters. The van der Waals surface area contributed by atoms with Gasteiger partial charge < -0.3 is 15.7 Å². The number of rotatable bonds is 8. The Balaban J connectivity index is 2.30. The molecule has 1 aromatic heterocycles. The summed E-state index contributed by atoms with van der Waals surface area (Å²) in [5.74, 6) is 0.851. The molecule has 0 spiro atoms. The summed E-state index contributed by atoms with van der Waals surface area (Å²) in [4.78, 5) is 15.7. The summed E-state index contributed by atoms with van der Waals surface area (Å²) in [6.07, 6.45) is 3.33. The maximum absolute atomic E-state index is 11.7. The molecule has 0 fully saturated rings. The van der Waals surface area contributed by atoms with Crippen LogP contribution < -0.4 is 10.6 Å². The van der Waals surface area contributed by atoms with Gasteiger partial charge in [0.1, 0.15) is 5.15 Å². The van der Waals surface area contributed by atoms with Gasteiger partial charge in [0.2, 0.25) is 0 Å². The molecule has 2 amide bonds. The van der Waals surface area contributed by atoms with Gasteiger partial charge >= 0.3 is 6.03 Å². The molecule has 5 nitrogen and oxygen atoms in total. The summed E-state index contributed by atoms with van der Waals surface area (Å²) in [5.41, 5.74) is 0.892. The Morgan fingerprint density at radius 2 is 2.14 bits per heavy atom. The first-order valence-corrected chi connectivity index (χ1v) is 7.62. The van der Waals surface area contributed by atoms with Crippen LogP contribution in [0.1, 0.15) is 32.3 Å². The van der Waals surface area contributed by atoms with Crippen molar-refractivity contribution in [3.05, 3.63) is 29.0 Å². The molecule has 0 radical (unpaired) electrons. The summed E-state index contributed by atoms with van der Waals surface area (Å²) in [6.45, 7) is 5.40. The fourth-order valence-corrected chi connectivity index (χ4v) is 2.26. The van der Waals surface area contributed by atoms with Crippen molar-refractivity contribution in [2.75, 3.05) is 13.2 Å². The predicted molar refractivity (Wildman–Crippen MR) is 84.1 cm³/mol. The highest BCUT2D eigenvalue weighted by molar-refractivity contribution is 6.29. The van der Waals surface area contributed by atoms with Crippen LogP contribution in [0.25, 0.3) is 0 Å². The van der Waals surface area contributed by atoms with Gasteiger partial charge in [-0.05, 0) is 36.3 Å². The number of pyridine rings is 1. The zero-order valence-corrected chi connectivity index (χ0v) is 13.4. The summed E-state index contributed by atoms with van der Waals surface area (Å²) in [6, 6.07) is 3.30. The van der Waals surface area contributed by atoms with E-state index in [-0.39, 0.29) is 12.6 Å². The van der Waals surface area contributed by atoms with E-state index < -0.39 is 0 Å². The fraction of sp³-hybridized carbons (Fsp3) is 0.600. The number of carbonyl (C=O) groups excluding carboxylic acids is 1. The Hall–Kier alpha value is -1.33. The zero-order valence-electron chi connectivity index (χ0n) is 12.6. The van der Waals surface area contributed by atoms with Gasteiger partial charge in [0, 0.05) is 25.9 Å². The number of nitrogens with zero attached hydrogens (tertiary/aromatic N) is 1. The minimum Gasteiger partial charge on any atom is -0.396 e. The normalized spacial score (nSPS) is 12.2. The molecular weight excluding hydrogens is 290 g/mol. The third kappa shape index (κ3) is 7.87. The van der Waals surface area contributed by atoms with Crippen LogP contribution in [-0.4, -0.2) is 29.3 Å². The lowest BCUT2D eigenvalue weighted by molar-refractivity contribution is 0.225. The number of amides is 2. The first kappa shape index (κ1) is 17.7. The topological polar surface area (TPSA) is 74.2 Å². The van der Waals surface area contributed by atoms with Crippen LogP contribution in [0.5, 0.6) is 0 Å². The van der Waals surface area contributed by atoms with Crippen molar-refractivity contribution < 1.29 is 9.90 Å². The van der Waals surface area contributed by atoms with E-state index in [0.29, 0.717) is 36.5 Å². The first-order valence-electron chi connectivity index (χ1n) is 7.24. The maximum Gasteiger partial charge on any atom is 0.315 e. The number of aliphatic hydroxyl groups excluding tert-OH is 1. The van der Waals surface area contributed by atoms with Crippen LogP contribution in [-0.2, 0) is 6.54 Å². The van der Waals surface area contributed by atoms with Crippen LogP contribution in [0.2, 0.25) is 5.15 Å². The van der Waals surface area contributed by atoms with E-state index in [1.807, 2.05) is 6.07 Å². The minimum atomic E-state index is -0.211. The first-order chi connectivity index (χ1) is 10.0. The molecule has 0 aliphatic carbocycles. The molecule has 0 saturated carbocycles. The van der Waals surface area contributed by atoms with Crippen LogP contribution in [0, 0.1) is 11.8 Å². The molecule has 0 bridgehead atoms. The number of aliphatic hydroxyl groups is 1. The second kappa shape index (κ2) is 9.58. The van der Waals surface area contributed by atoms with Gasteiger partial charge in [0.05, 0.1) is 0 Å². The SMILES string of the molecule is CC(C)CC(CCO)CNC(=O)NCc1ccc(Cl)nc1. The second-order valence-corrected chi connectivity index (χ2v) is 5.95. The number of carbonyl (C=O) groups is 1. The molecule has 6 heteroatoms. The molecule has 3 N–H and O–H groups in total. The van der Waals surface area contributed by atoms with Gasteiger partial charge in [-0.2, -0.15) is 0 Å². The van der Waals surface area contributed by atoms with Crippen LogP contribution in [0.15, 0.2) is 18.3 Å². The third-order valence-electron chi connectivity index (χ3n) is 3.14. The second-order valence-electron chi connectivity index (χ2n) is 5.56. The summed E-state index contributed by atoms with van der Waals surface area (Å²) in [5, 5.41) is 15.1. The van der Waals surface area contributed by atoms with E-state index in [9.17, 15) is 4.79 Å². The van der Waals surface area contributed by atoms with Gasteiger partial charge in [-0.1, -0.05) is 31.5 Å². The van der Waals surface area contributed by atoms with E-state index in [0.717, 1.165) is 12.0 Å². The van der Waals surface area contributed by atoms with Crippen molar-refractivity contribution in [1.82, 2.24) is 15.6 Å². The van der Waals surface area contributed by atoms with Gasteiger partial charge in [0.25, 0.3) is 0 Å². The number of urea groups is 1. The maximum atomic E-state index is 11.7. The number of hydrogen-bond donors (Lipinski definition) is 3. The summed E-state index contributed by atoms with van der Waals surface area (Å²) < 4.78 is 0. The Kier molecular flexibility index (Phi) is 8.08. The van der Waals surface area contributed by atoms with E-state index in [4.69, 9.17) is 16.7 Å². The zero-order chi connectivity index (χ0) is 15.7. The Bertz CT molecular complexity index is 423. The molecule has 1 rings (SSSR count). The summed E-state index contributed by atoms with van der Waals surface area (Å²) >= 11 is 5.70. The summed E-state index contributed by atoms with van der Waals surface area (Å²) in [7, 11) is 0. The lowest BCUT2D eigenvalue weighted by atomic mass is 9.94. The van der Waals surface area contributed by atoms with Crippen molar-refractivity contribution >= 4 is 17.6 Å². The molecule has 1 aromatic rings. The molecule has 0 aromatic carbocycles. The predicted octanol–water partition coefficient (Wildman–Crippen LogP) is 2.58. The highest BCUT2D eigenvalue weighted by Gasteiger charge is 2.12. The van der Waals surface area contributed by atoms with Gasteiger partial charge in [0.15, 0.2) is 0 Å². The molecular formula is C15H24ClN3O2. The average Bonchev–Trinajstić information content (AvgIpc) is 2.44. The molecule has 0 aliphatic heterocycles. The van der Waals surface area contributed by atoms with Gasteiger partial charge in [-0.15, -0.1) is 0 Å².